The molecular formula is C18H19N5O3S. The van der Waals surface area contributed by atoms with Gasteiger partial charge in [0.2, 0.25) is 11.0 Å². The average Bonchev–Trinajstić information content (AvgIpc) is 3.30. The molecule has 0 spiro atoms. The van der Waals surface area contributed by atoms with Crippen LogP contribution < -0.4 is 10.6 Å². The van der Waals surface area contributed by atoms with Gasteiger partial charge < -0.3 is 9.84 Å². The summed E-state index contributed by atoms with van der Waals surface area (Å²) < 4.78 is 5.18. The number of rotatable bonds is 7. The Morgan fingerprint density at radius 3 is 2.70 bits per heavy atom. The lowest BCUT2D eigenvalue weighted by molar-refractivity contribution is -0.115. The number of hydrogen-bond donors (Lipinski definition) is 2. The zero-order valence-corrected chi connectivity index (χ0v) is 15.7. The summed E-state index contributed by atoms with van der Waals surface area (Å²) in [6, 6.07) is 10.8. The predicted octanol–water partition coefficient (Wildman–Crippen LogP) is 2.76. The molecule has 27 heavy (non-hydrogen) atoms. The van der Waals surface area contributed by atoms with Gasteiger partial charge in [-0.1, -0.05) is 60.7 Å². The Bertz CT molecular complexity index is 920. The highest BCUT2D eigenvalue weighted by molar-refractivity contribution is 7.15. The van der Waals surface area contributed by atoms with Crippen molar-refractivity contribution in [2.24, 2.45) is 5.92 Å². The number of carbonyl (C=O) groups is 2. The maximum atomic E-state index is 12.1. The van der Waals surface area contributed by atoms with Crippen molar-refractivity contribution in [3.05, 3.63) is 47.1 Å². The van der Waals surface area contributed by atoms with E-state index in [0.717, 1.165) is 17.0 Å². The Morgan fingerprint density at radius 1 is 1.19 bits per heavy atom. The molecule has 0 radical (unpaired) electrons. The lowest BCUT2D eigenvalue weighted by Crippen LogP contribution is -2.33. The van der Waals surface area contributed by atoms with Crippen LogP contribution in [0.4, 0.5) is 5.13 Å². The molecule has 0 fully saturated rings. The van der Waals surface area contributed by atoms with Crippen molar-refractivity contribution in [3.63, 3.8) is 0 Å². The summed E-state index contributed by atoms with van der Waals surface area (Å²) in [4.78, 5) is 24.1. The van der Waals surface area contributed by atoms with E-state index in [4.69, 9.17) is 4.52 Å². The molecule has 0 unspecified atom stereocenters. The normalized spacial score (nSPS) is 10.8. The van der Waals surface area contributed by atoms with Gasteiger partial charge in [-0.25, -0.2) is 0 Å². The Labute approximate surface area is 160 Å². The largest absolute Gasteiger partial charge is 0.355 e. The summed E-state index contributed by atoms with van der Waals surface area (Å²) in [5, 5.41) is 18.1. The molecule has 3 rings (SSSR count). The number of amides is 2. The molecule has 3 aromatic rings. The second-order valence-corrected chi connectivity index (χ2v) is 7.33. The highest BCUT2D eigenvalue weighted by Gasteiger charge is 2.15. The summed E-state index contributed by atoms with van der Waals surface area (Å²) >= 11 is 1.33. The minimum Gasteiger partial charge on any atom is -0.355 e. The molecule has 0 atom stereocenters. The van der Waals surface area contributed by atoms with Crippen LogP contribution in [0.15, 0.2) is 40.9 Å². The molecular weight excluding hydrogens is 366 g/mol. The van der Waals surface area contributed by atoms with Gasteiger partial charge in [0.15, 0.2) is 11.5 Å². The van der Waals surface area contributed by atoms with Gasteiger partial charge in [0, 0.05) is 18.1 Å². The third kappa shape index (κ3) is 5.20. The molecule has 8 nitrogen and oxygen atoms in total. The smallest absolute Gasteiger partial charge is 0.273 e. The summed E-state index contributed by atoms with van der Waals surface area (Å²) in [7, 11) is 0. The summed E-state index contributed by atoms with van der Waals surface area (Å²) in [6.45, 7) is 3.97. The standard InChI is InChI=1S/C18H19N5O3S/c1-11(2)8-16-21-22-18(27-16)20-15(24)10-19-17(25)13-9-14(26-23-13)12-6-4-3-5-7-12/h3-7,9,11H,8,10H2,1-2H3,(H,19,25)(H,20,22,24). The molecule has 0 aliphatic heterocycles. The number of benzene rings is 1. The molecule has 0 saturated carbocycles. The molecule has 0 aliphatic rings. The summed E-state index contributed by atoms with van der Waals surface area (Å²) in [6.07, 6.45) is 0.806. The number of carbonyl (C=O) groups excluding carboxylic acids is 2. The van der Waals surface area contributed by atoms with Gasteiger partial charge >= 0.3 is 0 Å². The molecule has 0 saturated heterocycles. The number of aromatic nitrogens is 3. The maximum Gasteiger partial charge on any atom is 0.273 e. The second kappa shape index (κ2) is 8.54. The van der Waals surface area contributed by atoms with Crippen molar-refractivity contribution >= 4 is 28.3 Å². The van der Waals surface area contributed by atoms with Crippen molar-refractivity contribution in [2.45, 2.75) is 20.3 Å². The molecule has 0 aliphatic carbocycles. The molecule has 2 aromatic heterocycles. The molecule has 2 amide bonds. The first-order valence-electron chi connectivity index (χ1n) is 8.44. The van der Waals surface area contributed by atoms with Crippen LogP contribution in [0, 0.1) is 5.92 Å². The van der Waals surface area contributed by atoms with Crippen molar-refractivity contribution in [3.8, 4) is 11.3 Å². The van der Waals surface area contributed by atoms with Crippen molar-refractivity contribution in [1.82, 2.24) is 20.7 Å². The van der Waals surface area contributed by atoms with Gasteiger partial charge in [-0.15, -0.1) is 10.2 Å². The van der Waals surface area contributed by atoms with Crippen LogP contribution in [0.2, 0.25) is 0 Å². The quantitative estimate of drug-likeness (QED) is 0.647. The van der Waals surface area contributed by atoms with Gasteiger partial charge in [-0.05, 0) is 5.92 Å². The molecule has 2 heterocycles. The number of nitrogens with zero attached hydrogens (tertiary/aromatic N) is 3. The average molecular weight is 385 g/mol. The topological polar surface area (TPSA) is 110 Å². The van der Waals surface area contributed by atoms with Gasteiger partial charge in [0.05, 0.1) is 6.54 Å². The Kier molecular flexibility index (Phi) is 5.92. The van der Waals surface area contributed by atoms with Crippen LogP contribution in [-0.4, -0.2) is 33.7 Å². The highest BCUT2D eigenvalue weighted by atomic mass is 32.1. The molecule has 2 N–H and O–H groups in total. The molecule has 0 bridgehead atoms. The molecule has 1 aromatic carbocycles. The Hall–Kier alpha value is -3.07. The SMILES string of the molecule is CC(C)Cc1nnc(NC(=O)CNC(=O)c2cc(-c3ccccc3)on2)s1. The van der Waals surface area contributed by atoms with Gasteiger partial charge in [-0.2, -0.15) is 0 Å². The third-order valence-corrected chi connectivity index (χ3v) is 4.37. The van der Waals surface area contributed by atoms with E-state index in [9.17, 15) is 9.59 Å². The minimum absolute atomic E-state index is 0.108. The number of anilines is 1. The van der Waals surface area contributed by atoms with E-state index in [1.54, 1.807) is 0 Å². The van der Waals surface area contributed by atoms with Crippen LogP contribution in [0.5, 0.6) is 0 Å². The van der Waals surface area contributed by atoms with Gasteiger partial charge in [0.1, 0.15) is 5.01 Å². The minimum atomic E-state index is -0.492. The fourth-order valence-corrected chi connectivity index (χ4v) is 3.24. The van der Waals surface area contributed by atoms with Crippen molar-refractivity contribution < 1.29 is 14.1 Å². The van der Waals surface area contributed by atoms with Gasteiger partial charge in [0.25, 0.3) is 5.91 Å². The third-order valence-electron chi connectivity index (χ3n) is 3.51. The van der Waals surface area contributed by atoms with E-state index in [1.807, 2.05) is 30.3 Å². The Morgan fingerprint density at radius 2 is 1.96 bits per heavy atom. The first-order chi connectivity index (χ1) is 13.0. The first-order valence-corrected chi connectivity index (χ1v) is 9.25. The molecule has 140 valence electrons. The first kappa shape index (κ1) is 18.7. The van der Waals surface area contributed by atoms with E-state index >= 15 is 0 Å². The summed E-state index contributed by atoms with van der Waals surface area (Å²) in [5.41, 5.74) is 0.923. The maximum absolute atomic E-state index is 12.1. The zero-order valence-electron chi connectivity index (χ0n) is 14.9. The monoisotopic (exact) mass is 385 g/mol. The lowest BCUT2D eigenvalue weighted by Gasteiger charge is -2.02. The fourth-order valence-electron chi connectivity index (χ4n) is 2.27. The van der Waals surface area contributed by atoms with E-state index < -0.39 is 5.91 Å². The van der Waals surface area contributed by atoms with Crippen LogP contribution >= 0.6 is 11.3 Å². The van der Waals surface area contributed by atoms with Crippen molar-refractivity contribution in [2.75, 3.05) is 11.9 Å². The second-order valence-electron chi connectivity index (χ2n) is 6.27. The van der Waals surface area contributed by atoms with Gasteiger partial charge in [-0.3, -0.25) is 14.9 Å². The lowest BCUT2D eigenvalue weighted by atomic mass is 10.1. The zero-order chi connectivity index (χ0) is 19.2. The highest BCUT2D eigenvalue weighted by Crippen LogP contribution is 2.20. The number of nitrogens with one attached hydrogen (secondary N) is 2. The fraction of sp³-hybridized carbons (Fsp3) is 0.278. The van der Waals surface area contributed by atoms with E-state index in [0.29, 0.717) is 16.8 Å². The van der Waals surface area contributed by atoms with Crippen molar-refractivity contribution in [1.29, 1.82) is 0 Å². The predicted molar refractivity (Wildman–Crippen MR) is 101 cm³/mol. The number of hydrogen-bond acceptors (Lipinski definition) is 7. The molecule has 9 heteroatoms. The van der Waals surface area contributed by atoms with Crippen LogP contribution in [0.25, 0.3) is 11.3 Å². The van der Waals surface area contributed by atoms with E-state index in [2.05, 4.69) is 39.8 Å². The summed E-state index contributed by atoms with van der Waals surface area (Å²) in [5.74, 6) is 0.0667. The van der Waals surface area contributed by atoms with E-state index in [1.165, 1.54) is 17.4 Å². The van der Waals surface area contributed by atoms with Crippen LogP contribution in [-0.2, 0) is 11.2 Å². The van der Waals surface area contributed by atoms with Crippen LogP contribution in [0.3, 0.4) is 0 Å². The van der Waals surface area contributed by atoms with E-state index in [-0.39, 0.29) is 18.1 Å². The Balaban J connectivity index is 1.51. The van der Waals surface area contributed by atoms with Crippen LogP contribution in [0.1, 0.15) is 29.3 Å².